The Labute approximate surface area is 149 Å². The van der Waals surface area contributed by atoms with Crippen LogP contribution in [-0.2, 0) is 0 Å². The van der Waals surface area contributed by atoms with Crippen LogP contribution in [0, 0.1) is 18.6 Å². The van der Waals surface area contributed by atoms with Crippen molar-refractivity contribution in [1.82, 2.24) is 15.1 Å². The standard InChI is InChI=1S/C19H17F2N3O2/c1-13-18(12-23-24(13)16-6-2-14(20)3-7-16)19(25)22-10-11-26-17-8-4-15(21)5-9-17/h2-9,12H,10-11H2,1H3,(H,22,25). The molecule has 5 nitrogen and oxygen atoms in total. The van der Waals surface area contributed by atoms with E-state index in [2.05, 4.69) is 10.4 Å². The Bertz CT molecular complexity index is 890. The van der Waals surface area contributed by atoms with Gasteiger partial charge in [-0.3, -0.25) is 4.79 Å². The van der Waals surface area contributed by atoms with Gasteiger partial charge in [-0.2, -0.15) is 5.10 Å². The van der Waals surface area contributed by atoms with Gasteiger partial charge in [0, 0.05) is 0 Å². The molecule has 1 heterocycles. The van der Waals surface area contributed by atoms with Gasteiger partial charge in [-0.15, -0.1) is 0 Å². The molecule has 0 aliphatic carbocycles. The van der Waals surface area contributed by atoms with E-state index in [4.69, 9.17) is 4.74 Å². The Kier molecular flexibility index (Phi) is 5.26. The summed E-state index contributed by atoms with van der Waals surface area (Å²) >= 11 is 0. The SMILES string of the molecule is Cc1c(C(=O)NCCOc2ccc(F)cc2)cnn1-c1ccc(F)cc1. The highest BCUT2D eigenvalue weighted by atomic mass is 19.1. The molecule has 1 aromatic heterocycles. The smallest absolute Gasteiger partial charge is 0.254 e. The summed E-state index contributed by atoms with van der Waals surface area (Å²) < 4.78 is 32.8. The molecule has 0 spiro atoms. The van der Waals surface area contributed by atoms with E-state index >= 15 is 0 Å². The maximum atomic E-state index is 13.0. The number of benzene rings is 2. The maximum Gasteiger partial charge on any atom is 0.254 e. The lowest BCUT2D eigenvalue weighted by Crippen LogP contribution is -2.28. The highest BCUT2D eigenvalue weighted by molar-refractivity contribution is 5.95. The van der Waals surface area contributed by atoms with Crippen LogP contribution in [0.15, 0.2) is 54.7 Å². The van der Waals surface area contributed by atoms with E-state index in [-0.39, 0.29) is 30.7 Å². The molecule has 1 N–H and O–H groups in total. The Balaban J connectivity index is 1.56. The molecular weight excluding hydrogens is 340 g/mol. The Morgan fingerprint density at radius 1 is 1.08 bits per heavy atom. The van der Waals surface area contributed by atoms with Crippen LogP contribution in [0.5, 0.6) is 5.75 Å². The number of ether oxygens (including phenoxy) is 1. The van der Waals surface area contributed by atoms with Gasteiger partial charge in [0.05, 0.1) is 29.7 Å². The van der Waals surface area contributed by atoms with E-state index in [1.165, 1.54) is 42.6 Å². The summed E-state index contributed by atoms with van der Waals surface area (Å²) in [6, 6.07) is 11.5. The molecule has 3 aromatic rings. The van der Waals surface area contributed by atoms with Crippen molar-refractivity contribution in [2.75, 3.05) is 13.2 Å². The molecule has 0 saturated heterocycles. The highest BCUT2D eigenvalue weighted by Gasteiger charge is 2.14. The lowest BCUT2D eigenvalue weighted by atomic mass is 10.2. The lowest BCUT2D eigenvalue weighted by molar-refractivity contribution is 0.0946. The zero-order chi connectivity index (χ0) is 18.5. The summed E-state index contributed by atoms with van der Waals surface area (Å²) in [5.41, 5.74) is 1.74. The van der Waals surface area contributed by atoms with Crippen molar-refractivity contribution < 1.29 is 18.3 Å². The topological polar surface area (TPSA) is 56.1 Å². The molecular formula is C19H17F2N3O2. The summed E-state index contributed by atoms with van der Waals surface area (Å²) in [4.78, 5) is 12.3. The molecule has 0 aliphatic rings. The number of carbonyl (C=O) groups is 1. The average molecular weight is 357 g/mol. The molecule has 3 rings (SSSR count). The number of hydrogen-bond acceptors (Lipinski definition) is 3. The summed E-state index contributed by atoms with van der Waals surface area (Å²) in [5.74, 6) is -0.420. The zero-order valence-electron chi connectivity index (χ0n) is 14.1. The summed E-state index contributed by atoms with van der Waals surface area (Å²) in [6.07, 6.45) is 1.47. The maximum absolute atomic E-state index is 13.0. The minimum atomic E-state index is -0.335. The first-order chi connectivity index (χ1) is 12.5. The monoisotopic (exact) mass is 357 g/mol. The molecule has 1 amide bonds. The van der Waals surface area contributed by atoms with E-state index in [9.17, 15) is 13.6 Å². The van der Waals surface area contributed by atoms with E-state index in [0.29, 0.717) is 22.7 Å². The molecule has 0 radical (unpaired) electrons. The summed E-state index contributed by atoms with van der Waals surface area (Å²) in [6.45, 7) is 2.31. The Morgan fingerprint density at radius 2 is 1.69 bits per heavy atom. The van der Waals surface area contributed by atoms with Crippen molar-refractivity contribution in [3.8, 4) is 11.4 Å². The van der Waals surface area contributed by atoms with Gasteiger partial charge in [-0.05, 0) is 55.5 Å². The molecule has 7 heteroatoms. The molecule has 134 valence electrons. The fourth-order valence-electron chi connectivity index (χ4n) is 2.43. The number of carbonyl (C=O) groups excluding carboxylic acids is 1. The first kappa shape index (κ1) is 17.6. The fourth-order valence-corrected chi connectivity index (χ4v) is 2.43. The van der Waals surface area contributed by atoms with Gasteiger partial charge in [-0.1, -0.05) is 0 Å². The predicted octanol–water partition coefficient (Wildman–Crippen LogP) is 3.27. The van der Waals surface area contributed by atoms with Crippen molar-refractivity contribution in [2.45, 2.75) is 6.92 Å². The van der Waals surface area contributed by atoms with Gasteiger partial charge < -0.3 is 10.1 Å². The van der Waals surface area contributed by atoms with Gasteiger partial charge in [-0.25, -0.2) is 13.5 Å². The molecule has 2 aromatic carbocycles. The van der Waals surface area contributed by atoms with Crippen molar-refractivity contribution >= 4 is 5.91 Å². The lowest BCUT2D eigenvalue weighted by Gasteiger charge is -2.08. The highest BCUT2D eigenvalue weighted by Crippen LogP contribution is 2.15. The third-order valence-electron chi connectivity index (χ3n) is 3.80. The number of nitrogens with one attached hydrogen (secondary N) is 1. The van der Waals surface area contributed by atoms with Crippen LogP contribution in [0.3, 0.4) is 0 Å². The van der Waals surface area contributed by atoms with E-state index < -0.39 is 0 Å². The van der Waals surface area contributed by atoms with Crippen LogP contribution >= 0.6 is 0 Å². The second-order valence-electron chi connectivity index (χ2n) is 5.59. The number of amides is 1. The van der Waals surface area contributed by atoms with Crippen LogP contribution in [-0.4, -0.2) is 28.8 Å². The zero-order valence-corrected chi connectivity index (χ0v) is 14.1. The molecule has 0 fully saturated rings. The molecule has 0 aliphatic heterocycles. The predicted molar refractivity (Wildman–Crippen MR) is 92.5 cm³/mol. The number of nitrogens with zero attached hydrogens (tertiary/aromatic N) is 2. The third kappa shape index (κ3) is 4.05. The largest absolute Gasteiger partial charge is 0.492 e. The number of aromatic nitrogens is 2. The Morgan fingerprint density at radius 3 is 2.35 bits per heavy atom. The van der Waals surface area contributed by atoms with E-state index in [1.807, 2.05) is 0 Å². The fraction of sp³-hybridized carbons (Fsp3) is 0.158. The minimum absolute atomic E-state index is 0.252. The van der Waals surface area contributed by atoms with Gasteiger partial charge in [0.1, 0.15) is 24.0 Å². The van der Waals surface area contributed by atoms with Crippen LogP contribution in [0.2, 0.25) is 0 Å². The van der Waals surface area contributed by atoms with E-state index in [1.54, 1.807) is 23.7 Å². The number of halogens is 2. The molecule has 0 bridgehead atoms. The quantitative estimate of drug-likeness (QED) is 0.689. The van der Waals surface area contributed by atoms with Crippen molar-refractivity contribution in [2.24, 2.45) is 0 Å². The molecule has 26 heavy (non-hydrogen) atoms. The van der Waals surface area contributed by atoms with Crippen molar-refractivity contribution in [1.29, 1.82) is 0 Å². The normalized spacial score (nSPS) is 10.6. The second-order valence-corrected chi connectivity index (χ2v) is 5.59. The number of rotatable bonds is 6. The molecule has 0 atom stereocenters. The first-order valence-electron chi connectivity index (χ1n) is 8.02. The molecule has 0 saturated carbocycles. The van der Waals surface area contributed by atoms with Crippen molar-refractivity contribution in [3.63, 3.8) is 0 Å². The number of hydrogen-bond donors (Lipinski definition) is 1. The second kappa shape index (κ2) is 7.77. The van der Waals surface area contributed by atoms with E-state index in [0.717, 1.165) is 0 Å². The van der Waals surface area contributed by atoms with Crippen LogP contribution in [0.25, 0.3) is 5.69 Å². The van der Waals surface area contributed by atoms with Gasteiger partial charge in [0.15, 0.2) is 0 Å². The van der Waals surface area contributed by atoms with Crippen LogP contribution < -0.4 is 10.1 Å². The summed E-state index contributed by atoms with van der Waals surface area (Å²) in [5, 5.41) is 6.93. The Hall–Kier alpha value is -3.22. The van der Waals surface area contributed by atoms with Gasteiger partial charge in [0.25, 0.3) is 5.91 Å². The van der Waals surface area contributed by atoms with Crippen LogP contribution in [0.4, 0.5) is 8.78 Å². The van der Waals surface area contributed by atoms with Gasteiger partial charge in [0.2, 0.25) is 0 Å². The first-order valence-corrected chi connectivity index (χ1v) is 8.02. The minimum Gasteiger partial charge on any atom is -0.492 e. The third-order valence-corrected chi connectivity index (χ3v) is 3.80. The van der Waals surface area contributed by atoms with Crippen molar-refractivity contribution in [3.05, 3.63) is 77.6 Å². The van der Waals surface area contributed by atoms with Crippen LogP contribution in [0.1, 0.15) is 16.1 Å². The summed E-state index contributed by atoms with van der Waals surface area (Å²) in [7, 11) is 0. The average Bonchev–Trinajstić information content (AvgIpc) is 3.02. The molecule has 0 unspecified atom stereocenters. The van der Waals surface area contributed by atoms with Gasteiger partial charge >= 0.3 is 0 Å².